The fourth-order valence-corrected chi connectivity index (χ4v) is 4.43. The van der Waals surface area contributed by atoms with Gasteiger partial charge in [0.25, 0.3) is 0 Å². The third kappa shape index (κ3) is 5.95. The third-order valence-corrected chi connectivity index (χ3v) is 5.91. The highest BCUT2D eigenvalue weighted by Gasteiger charge is 2.46. The second kappa shape index (κ2) is 9.24. The van der Waals surface area contributed by atoms with Crippen LogP contribution in [0.4, 0.5) is 26.3 Å². The van der Waals surface area contributed by atoms with Gasteiger partial charge in [0.2, 0.25) is 0 Å². The molecule has 2 atom stereocenters. The molecule has 1 aromatic rings. The standard InChI is InChI=1S/C21H26F6O3/c1-2-3-15-8-10-18(28-15)13-4-6-14(7-5-13)20(23,24)29-16-9-11-19(17(22)12-16)30-21(25,26)27/h9,11-15,18H,2-8,10H2,1H3. The van der Waals surface area contributed by atoms with E-state index in [9.17, 15) is 26.3 Å². The molecule has 0 aromatic heterocycles. The maximum Gasteiger partial charge on any atom is 0.573 e. The maximum atomic E-state index is 14.6. The lowest BCUT2D eigenvalue weighted by Crippen LogP contribution is -2.38. The van der Waals surface area contributed by atoms with Crippen molar-refractivity contribution in [1.82, 2.24) is 0 Å². The summed E-state index contributed by atoms with van der Waals surface area (Å²) in [6, 6.07) is 1.93. The predicted octanol–water partition coefficient (Wildman–Crippen LogP) is 6.85. The first kappa shape index (κ1) is 23.0. The minimum Gasteiger partial charge on any atom is -0.432 e. The Morgan fingerprint density at radius 3 is 2.27 bits per heavy atom. The van der Waals surface area contributed by atoms with Crippen LogP contribution in [0.2, 0.25) is 0 Å². The van der Waals surface area contributed by atoms with Gasteiger partial charge < -0.3 is 14.2 Å². The number of halogens is 6. The Labute approximate surface area is 171 Å². The smallest absolute Gasteiger partial charge is 0.432 e. The van der Waals surface area contributed by atoms with Crippen LogP contribution < -0.4 is 9.47 Å². The molecule has 0 bridgehead atoms. The maximum absolute atomic E-state index is 14.6. The Morgan fingerprint density at radius 1 is 0.967 bits per heavy atom. The molecule has 3 nitrogen and oxygen atoms in total. The molecule has 9 heteroatoms. The predicted molar refractivity (Wildman–Crippen MR) is 96.9 cm³/mol. The molecule has 0 radical (unpaired) electrons. The highest BCUT2D eigenvalue weighted by Crippen LogP contribution is 2.43. The van der Waals surface area contributed by atoms with Crippen LogP contribution in [0.25, 0.3) is 0 Å². The molecule has 1 aliphatic carbocycles. The largest absolute Gasteiger partial charge is 0.573 e. The zero-order valence-corrected chi connectivity index (χ0v) is 16.7. The van der Waals surface area contributed by atoms with Gasteiger partial charge in [-0.1, -0.05) is 13.3 Å². The van der Waals surface area contributed by atoms with Crippen LogP contribution in [0.5, 0.6) is 11.5 Å². The van der Waals surface area contributed by atoms with Gasteiger partial charge in [0.1, 0.15) is 5.75 Å². The summed E-state index contributed by atoms with van der Waals surface area (Å²) in [6.07, 6.45) is -2.53. The lowest BCUT2D eigenvalue weighted by atomic mass is 9.78. The Bertz CT molecular complexity index is 700. The normalized spacial score (nSPS) is 27.8. The summed E-state index contributed by atoms with van der Waals surface area (Å²) in [6.45, 7) is 2.10. The SMILES string of the molecule is CCCC1CCC(C2CCC(C(F)(F)Oc3ccc(OC(F)(F)F)c(F)c3)CC2)O1. The molecular weight excluding hydrogens is 414 g/mol. The van der Waals surface area contributed by atoms with Gasteiger partial charge in [-0.15, -0.1) is 13.2 Å². The van der Waals surface area contributed by atoms with E-state index in [-0.39, 0.29) is 31.0 Å². The minimum atomic E-state index is -5.08. The van der Waals surface area contributed by atoms with Crippen molar-refractivity contribution in [3.05, 3.63) is 24.0 Å². The van der Waals surface area contributed by atoms with Crippen molar-refractivity contribution < 1.29 is 40.6 Å². The quantitative estimate of drug-likeness (QED) is 0.434. The molecule has 1 saturated heterocycles. The number of benzene rings is 1. The first-order valence-corrected chi connectivity index (χ1v) is 10.3. The Balaban J connectivity index is 1.54. The van der Waals surface area contributed by atoms with Crippen molar-refractivity contribution in [1.29, 1.82) is 0 Å². The summed E-state index contributed by atoms with van der Waals surface area (Å²) >= 11 is 0. The molecule has 2 aliphatic rings. The summed E-state index contributed by atoms with van der Waals surface area (Å²) in [5.41, 5.74) is 0. The molecule has 170 valence electrons. The van der Waals surface area contributed by atoms with E-state index >= 15 is 0 Å². The zero-order valence-electron chi connectivity index (χ0n) is 16.7. The minimum absolute atomic E-state index is 0.118. The summed E-state index contributed by atoms with van der Waals surface area (Å²) in [5.74, 6) is -3.87. The Morgan fingerprint density at radius 2 is 1.67 bits per heavy atom. The van der Waals surface area contributed by atoms with E-state index in [0.717, 1.165) is 31.7 Å². The van der Waals surface area contributed by atoms with Crippen LogP contribution in [0.15, 0.2) is 18.2 Å². The van der Waals surface area contributed by atoms with E-state index in [0.29, 0.717) is 25.0 Å². The van der Waals surface area contributed by atoms with E-state index in [4.69, 9.17) is 4.74 Å². The van der Waals surface area contributed by atoms with E-state index in [2.05, 4.69) is 16.4 Å². The topological polar surface area (TPSA) is 27.7 Å². The molecule has 1 aromatic carbocycles. The number of alkyl halides is 5. The highest BCUT2D eigenvalue weighted by atomic mass is 19.4. The van der Waals surface area contributed by atoms with Gasteiger partial charge in [0.05, 0.1) is 18.1 Å². The van der Waals surface area contributed by atoms with Gasteiger partial charge >= 0.3 is 12.5 Å². The van der Waals surface area contributed by atoms with Gasteiger partial charge in [-0.25, -0.2) is 4.39 Å². The molecule has 30 heavy (non-hydrogen) atoms. The van der Waals surface area contributed by atoms with Crippen LogP contribution in [-0.4, -0.2) is 24.7 Å². The zero-order chi connectivity index (χ0) is 21.9. The fraction of sp³-hybridized carbons (Fsp3) is 0.714. The summed E-state index contributed by atoms with van der Waals surface area (Å²) in [5, 5.41) is 0. The van der Waals surface area contributed by atoms with Crippen LogP contribution >= 0.6 is 0 Å². The van der Waals surface area contributed by atoms with Crippen LogP contribution in [0.1, 0.15) is 58.3 Å². The van der Waals surface area contributed by atoms with Gasteiger partial charge in [-0.2, -0.15) is 8.78 Å². The molecule has 0 N–H and O–H groups in total. The molecule has 1 aliphatic heterocycles. The van der Waals surface area contributed by atoms with Gasteiger partial charge in [-0.05, 0) is 63.0 Å². The number of hydrogen-bond donors (Lipinski definition) is 0. The second-order valence-electron chi connectivity index (χ2n) is 8.08. The number of ether oxygens (including phenoxy) is 3. The van der Waals surface area contributed by atoms with E-state index in [1.165, 1.54) is 0 Å². The van der Waals surface area contributed by atoms with Crippen LogP contribution in [-0.2, 0) is 4.74 Å². The fourth-order valence-electron chi connectivity index (χ4n) is 4.43. The van der Waals surface area contributed by atoms with E-state index in [1.54, 1.807) is 0 Å². The molecule has 2 fully saturated rings. The molecule has 1 heterocycles. The van der Waals surface area contributed by atoms with Gasteiger partial charge in [0.15, 0.2) is 11.6 Å². The lowest BCUT2D eigenvalue weighted by Gasteiger charge is -2.35. The summed E-state index contributed by atoms with van der Waals surface area (Å²) in [7, 11) is 0. The average molecular weight is 440 g/mol. The molecule has 0 amide bonds. The van der Waals surface area contributed by atoms with Gasteiger partial charge in [0, 0.05) is 6.07 Å². The number of hydrogen-bond acceptors (Lipinski definition) is 3. The summed E-state index contributed by atoms with van der Waals surface area (Å²) in [4.78, 5) is 0. The van der Waals surface area contributed by atoms with Crippen molar-refractivity contribution in [2.24, 2.45) is 11.8 Å². The second-order valence-corrected chi connectivity index (χ2v) is 8.08. The number of rotatable bonds is 7. The molecule has 2 unspecified atom stereocenters. The Kier molecular flexibility index (Phi) is 7.09. The molecular formula is C21H26F6O3. The molecule has 3 rings (SSSR count). The molecule has 1 saturated carbocycles. The summed E-state index contributed by atoms with van der Waals surface area (Å²) < 4.78 is 93.7. The van der Waals surface area contributed by atoms with E-state index in [1.807, 2.05) is 0 Å². The van der Waals surface area contributed by atoms with Crippen molar-refractivity contribution in [3.63, 3.8) is 0 Å². The van der Waals surface area contributed by atoms with Crippen LogP contribution in [0, 0.1) is 17.7 Å². The first-order valence-electron chi connectivity index (χ1n) is 10.3. The van der Waals surface area contributed by atoms with Crippen LogP contribution in [0.3, 0.4) is 0 Å². The first-order chi connectivity index (χ1) is 14.1. The monoisotopic (exact) mass is 440 g/mol. The molecule has 0 spiro atoms. The average Bonchev–Trinajstić information content (AvgIpc) is 3.12. The van der Waals surface area contributed by atoms with E-state index < -0.39 is 35.7 Å². The van der Waals surface area contributed by atoms with Crippen molar-refractivity contribution in [2.45, 2.75) is 83.0 Å². The van der Waals surface area contributed by atoms with Crippen molar-refractivity contribution in [2.75, 3.05) is 0 Å². The van der Waals surface area contributed by atoms with Crippen molar-refractivity contribution in [3.8, 4) is 11.5 Å². The van der Waals surface area contributed by atoms with Gasteiger partial charge in [-0.3, -0.25) is 0 Å². The lowest BCUT2D eigenvalue weighted by molar-refractivity contribution is -0.275. The van der Waals surface area contributed by atoms with Crippen molar-refractivity contribution >= 4 is 0 Å². The Hall–Kier alpha value is -1.64. The highest BCUT2D eigenvalue weighted by molar-refractivity contribution is 5.33. The third-order valence-electron chi connectivity index (χ3n) is 5.91.